The number of primary amides is 1. The van der Waals surface area contributed by atoms with E-state index in [1.54, 1.807) is 13.8 Å². The van der Waals surface area contributed by atoms with Gasteiger partial charge in [-0.3, -0.25) is 19.2 Å². The van der Waals surface area contributed by atoms with E-state index in [2.05, 4.69) is 28.6 Å². The fourth-order valence-electron chi connectivity index (χ4n) is 2.15. The minimum Gasteiger partial charge on any atom is -0.480 e. The topological polar surface area (TPSA) is 214 Å². The van der Waals surface area contributed by atoms with Crippen molar-refractivity contribution in [3.05, 3.63) is 0 Å². The molecule has 0 radical (unpaired) electrons. The highest BCUT2D eigenvalue weighted by Gasteiger charge is 2.31. The normalized spacial score (nSPS) is 15.0. The highest BCUT2D eigenvalue weighted by atomic mass is 32.1. The summed E-state index contributed by atoms with van der Waals surface area (Å²) in [6.45, 7) is 2.33. The molecule has 0 heterocycles. The van der Waals surface area contributed by atoms with Crippen molar-refractivity contribution in [2.24, 2.45) is 17.4 Å². The molecule has 0 aliphatic heterocycles. The van der Waals surface area contributed by atoms with Crippen molar-refractivity contribution in [1.29, 1.82) is 0 Å². The summed E-state index contributed by atoms with van der Waals surface area (Å²) in [6.07, 6.45) is -0.408. The quantitative estimate of drug-likeness (QED) is 0.137. The number of hydrogen-bond donors (Lipinski definition) is 8. The third-order valence-electron chi connectivity index (χ3n) is 3.89. The first-order chi connectivity index (χ1) is 13.4. The Labute approximate surface area is 173 Å². The first-order valence-electron chi connectivity index (χ1n) is 8.84. The zero-order chi connectivity index (χ0) is 22.7. The van der Waals surface area contributed by atoms with Gasteiger partial charge >= 0.3 is 5.97 Å². The van der Waals surface area contributed by atoms with Crippen LogP contribution in [-0.4, -0.2) is 76.3 Å². The van der Waals surface area contributed by atoms with Crippen molar-refractivity contribution < 1.29 is 34.2 Å². The van der Waals surface area contributed by atoms with Gasteiger partial charge in [-0.2, -0.15) is 12.6 Å². The molecular formula is C16H29N5O7S. The average molecular weight is 436 g/mol. The highest BCUT2D eigenvalue weighted by molar-refractivity contribution is 7.80. The van der Waals surface area contributed by atoms with Crippen LogP contribution in [-0.2, 0) is 24.0 Å². The van der Waals surface area contributed by atoms with E-state index in [1.165, 1.54) is 0 Å². The molecular weight excluding hydrogens is 406 g/mol. The smallest absolute Gasteiger partial charge is 0.326 e. The summed E-state index contributed by atoms with van der Waals surface area (Å²) in [7, 11) is 0. The molecule has 0 rings (SSSR count). The first kappa shape index (κ1) is 26.6. The molecule has 4 atom stereocenters. The minimum atomic E-state index is -1.48. The molecule has 29 heavy (non-hydrogen) atoms. The predicted molar refractivity (Wildman–Crippen MR) is 106 cm³/mol. The Morgan fingerprint density at radius 1 is 0.966 bits per heavy atom. The first-order valence-corrected chi connectivity index (χ1v) is 9.47. The summed E-state index contributed by atoms with van der Waals surface area (Å²) < 4.78 is 0. The van der Waals surface area contributed by atoms with E-state index in [-0.39, 0.29) is 18.6 Å². The largest absolute Gasteiger partial charge is 0.480 e. The molecule has 0 aromatic rings. The lowest BCUT2D eigenvalue weighted by molar-refractivity contribution is -0.143. The zero-order valence-corrected chi connectivity index (χ0v) is 17.1. The Balaban J connectivity index is 5.24. The molecule has 0 aromatic heterocycles. The molecule has 4 amide bonds. The van der Waals surface area contributed by atoms with Gasteiger partial charge in [0.15, 0.2) is 0 Å². The average Bonchev–Trinajstić information content (AvgIpc) is 2.65. The molecule has 4 unspecified atom stereocenters. The minimum absolute atomic E-state index is 0.00341. The SMILES string of the molecule is CC(C)C(NC(=O)C(CO)NC(=O)C(CCC(N)=O)NC(=O)C(N)CS)C(=O)O. The number of nitrogens with two attached hydrogens (primary N) is 2. The number of hydrogen-bond acceptors (Lipinski definition) is 8. The number of rotatable bonds is 13. The predicted octanol–water partition coefficient (Wildman–Crippen LogP) is -3.30. The van der Waals surface area contributed by atoms with Crippen molar-refractivity contribution in [1.82, 2.24) is 16.0 Å². The number of thiol groups is 1. The Bertz CT molecular complexity index is 616. The second-order valence-electron chi connectivity index (χ2n) is 6.67. The third kappa shape index (κ3) is 9.58. The van der Waals surface area contributed by atoms with E-state index in [0.29, 0.717) is 0 Å². The van der Waals surface area contributed by atoms with Gasteiger partial charge in [-0.05, 0) is 12.3 Å². The fraction of sp³-hybridized carbons (Fsp3) is 0.688. The number of carbonyl (C=O) groups excluding carboxylic acids is 4. The van der Waals surface area contributed by atoms with Gasteiger partial charge in [0.05, 0.1) is 12.6 Å². The van der Waals surface area contributed by atoms with Crippen molar-refractivity contribution >= 4 is 42.2 Å². The molecule has 166 valence electrons. The molecule has 9 N–H and O–H groups in total. The van der Waals surface area contributed by atoms with Crippen LogP contribution < -0.4 is 27.4 Å². The van der Waals surface area contributed by atoms with E-state index >= 15 is 0 Å². The van der Waals surface area contributed by atoms with Crippen molar-refractivity contribution in [3.8, 4) is 0 Å². The number of aliphatic carboxylic acids is 1. The number of aliphatic hydroxyl groups is 1. The van der Waals surface area contributed by atoms with Crippen LogP contribution in [0.15, 0.2) is 0 Å². The van der Waals surface area contributed by atoms with Crippen LogP contribution in [0.2, 0.25) is 0 Å². The van der Waals surface area contributed by atoms with Gasteiger partial charge in [-0.1, -0.05) is 13.8 Å². The van der Waals surface area contributed by atoms with Crippen LogP contribution in [0, 0.1) is 5.92 Å². The molecule has 0 aliphatic carbocycles. The molecule has 0 bridgehead atoms. The molecule has 0 aliphatic rings. The van der Waals surface area contributed by atoms with Gasteiger partial charge in [0.2, 0.25) is 23.6 Å². The molecule has 13 heteroatoms. The second-order valence-corrected chi connectivity index (χ2v) is 7.03. The molecule has 0 saturated carbocycles. The van der Waals surface area contributed by atoms with Gasteiger partial charge in [-0.15, -0.1) is 0 Å². The molecule has 0 spiro atoms. The van der Waals surface area contributed by atoms with Crippen LogP contribution in [0.1, 0.15) is 26.7 Å². The van der Waals surface area contributed by atoms with Gasteiger partial charge in [0.1, 0.15) is 18.1 Å². The Morgan fingerprint density at radius 3 is 1.90 bits per heavy atom. The number of aliphatic hydroxyl groups excluding tert-OH is 1. The van der Waals surface area contributed by atoms with E-state index in [9.17, 15) is 29.1 Å². The molecule has 0 aromatic carbocycles. The maximum absolute atomic E-state index is 12.5. The monoisotopic (exact) mass is 435 g/mol. The number of carboxylic acid groups (broad SMARTS) is 1. The lowest BCUT2D eigenvalue weighted by Gasteiger charge is -2.24. The molecule has 0 fully saturated rings. The second kappa shape index (κ2) is 13.0. The summed E-state index contributed by atoms with van der Waals surface area (Å²) in [6, 6.07) is -4.98. The van der Waals surface area contributed by atoms with Gasteiger partial charge in [0, 0.05) is 12.2 Å². The molecule has 0 saturated heterocycles. The van der Waals surface area contributed by atoms with E-state index in [4.69, 9.17) is 16.6 Å². The van der Waals surface area contributed by atoms with E-state index in [0.717, 1.165) is 0 Å². The Hall–Kier alpha value is -2.38. The summed E-state index contributed by atoms with van der Waals surface area (Å²) in [5.41, 5.74) is 10.6. The standard InChI is InChI=1S/C16H29N5O7S/c1-7(2)12(16(27)28)21-15(26)10(5-22)20-14(25)9(3-4-11(18)23)19-13(24)8(17)6-29/h7-10,12,22,29H,3-6,17H2,1-2H3,(H2,18,23)(H,19,24)(H,20,25)(H,21,26)(H,27,28). The molecule has 12 nitrogen and oxygen atoms in total. The summed E-state index contributed by atoms with van der Waals surface area (Å²) in [4.78, 5) is 58.9. The lowest BCUT2D eigenvalue weighted by atomic mass is 10.0. The summed E-state index contributed by atoms with van der Waals surface area (Å²) in [5.74, 6) is -4.94. The number of nitrogens with one attached hydrogen (secondary N) is 3. The number of amides is 4. The third-order valence-corrected chi connectivity index (χ3v) is 4.29. The van der Waals surface area contributed by atoms with Gasteiger partial charge < -0.3 is 37.6 Å². The maximum Gasteiger partial charge on any atom is 0.326 e. The fourth-order valence-corrected chi connectivity index (χ4v) is 2.32. The van der Waals surface area contributed by atoms with Crippen molar-refractivity contribution in [3.63, 3.8) is 0 Å². The lowest BCUT2D eigenvalue weighted by Crippen LogP contribution is -2.58. The van der Waals surface area contributed by atoms with Crippen molar-refractivity contribution in [2.75, 3.05) is 12.4 Å². The summed E-state index contributed by atoms with van der Waals surface area (Å²) in [5, 5.41) is 25.3. The van der Waals surface area contributed by atoms with E-state index < -0.39 is 66.3 Å². The van der Waals surface area contributed by atoms with Gasteiger partial charge in [0.25, 0.3) is 0 Å². The van der Waals surface area contributed by atoms with Crippen LogP contribution >= 0.6 is 12.6 Å². The van der Waals surface area contributed by atoms with E-state index in [1.807, 2.05) is 0 Å². The van der Waals surface area contributed by atoms with Crippen LogP contribution in [0.25, 0.3) is 0 Å². The Kier molecular flexibility index (Phi) is 11.9. The van der Waals surface area contributed by atoms with Crippen LogP contribution in [0.4, 0.5) is 0 Å². The van der Waals surface area contributed by atoms with Crippen LogP contribution in [0.5, 0.6) is 0 Å². The zero-order valence-electron chi connectivity index (χ0n) is 16.3. The highest BCUT2D eigenvalue weighted by Crippen LogP contribution is 2.03. The number of carboxylic acids is 1. The number of carbonyl (C=O) groups is 5. The summed E-state index contributed by atoms with van der Waals surface area (Å²) >= 11 is 3.88. The van der Waals surface area contributed by atoms with Gasteiger partial charge in [-0.25, -0.2) is 4.79 Å². The maximum atomic E-state index is 12.5. The van der Waals surface area contributed by atoms with Crippen LogP contribution in [0.3, 0.4) is 0 Å². The Morgan fingerprint density at radius 2 is 1.48 bits per heavy atom. The van der Waals surface area contributed by atoms with Crippen molar-refractivity contribution in [2.45, 2.75) is 50.9 Å².